The summed E-state index contributed by atoms with van der Waals surface area (Å²) in [4.78, 5) is 0. The minimum Gasteiger partial charge on any atom is -0.482 e. The van der Waals surface area contributed by atoms with E-state index in [1.54, 1.807) is 13.8 Å². The molecule has 0 radical (unpaired) electrons. The lowest BCUT2D eigenvalue weighted by Crippen LogP contribution is -2.34. The average Bonchev–Trinajstić information content (AvgIpc) is 2.52. The summed E-state index contributed by atoms with van der Waals surface area (Å²) in [6.07, 6.45) is 0. The molecule has 3 rings (SSSR count). The van der Waals surface area contributed by atoms with Crippen molar-refractivity contribution >= 4 is 22.5 Å². The maximum absolute atomic E-state index is 14.8. The molecule has 1 unspecified atom stereocenters. The Bertz CT molecular complexity index is 979. The molecule has 5 nitrogen and oxygen atoms in total. The number of fused-ring (bicyclic) bond motifs is 1. The fraction of sp³-hybridized carbons (Fsp3) is 0.167. The summed E-state index contributed by atoms with van der Waals surface area (Å²) in [5.41, 5.74) is -0.0196. The van der Waals surface area contributed by atoms with Gasteiger partial charge in [0.05, 0.1) is 22.9 Å². The zero-order chi connectivity index (χ0) is 19.1. The molecule has 1 atom stereocenters. The second-order valence-corrected chi connectivity index (χ2v) is 6.87. The number of benzene rings is 2. The largest absolute Gasteiger partial charge is 0.482 e. The maximum atomic E-state index is 14.8. The molecule has 0 aromatic heterocycles. The van der Waals surface area contributed by atoms with Crippen LogP contribution in [0.3, 0.4) is 0 Å². The first-order valence-electron chi connectivity index (χ1n) is 7.54. The van der Waals surface area contributed by atoms with E-state index in [0.29, 0.717) is 11.1 Å². The van der Waals surface area contributed by atoms with E-state index in [2.05, 4.69) is 10.8 Å². The van der Waals surface area contributed by atoms with Crippen molar-refractivity contribution in [3.63, 3.8) is 0 Å². The van der Waals surface area contributed by atoms with Crippen LogP contribution < -0.4 is 9.46 Å². The highest BCUT2D eigenvalue weighted by atomic mass is 32.2. The van der Waals surface area contributed by atoms with Gasteiger partial charge in [0.2, 0.25) is 0 Å². The molecule has 0 saturated heterocycles. The van der Waals surface area contributed by atoms with Gasteiger partial charge in [-0.2, -0.15) is 5.26 Å². The number of nitriles is 1. The van der Waals surface area contributed by atoms with Gasteiger partial charge in [0.25, 0.3) is 11.3 Å². The summed E-state index contributed by atoms with van der Waals surface area (Å²) in [6, 6.07) is 9.85. The van der Waals surface area contributed by atoms with Crippen molar-refractivity contribution in [2.75, 3.05) is 4.72 Å². The monoisotopic (exact) mass is 376 g/mol. The van der Waals surface area contributed by atoms with E-state index in [-0.39, 0.29) is 22.6 Å². The van der Waals surface area contributed by atoms with Gasteiger partial charge in [-0.05, 0) is 37.6 Å². The predicted molar refractivity (Wildman–Crippen MR) is 93.5 cm³/mol. The number of hydrogen-bond acceptors (Lipinski definition) is 3. The number of halogens is 2. The second kappa shape index (κ2) is 6.52. The molecule has 2 N–H and O–H groups in total. The summed E-state index contributed by atoms with van der Waals surface area (Å²) < 4.78 is 56.0. The van der Waals surface area contributed by atoms with Crippen LogP contribution in [0.5, 0.6) is 5.75 Å². The van der Waals surface area contributed by atoms with Gasteiger partial charge in [-0.15, -0.1) is 0 Å². The highest BCUT2D eigenvalue weighted by Gasteiger charge is 2.37. The number of anilines is 1. The molecular formula is C18H14F2N2O3S. The highest BCUT2D eigenvalue weighted by Crippen LogP contribution is 2.46. The Hall–Kier alpha value is -2.76. The third kappa shape index (κ3) is 3.19. The van der Waals surface area contributed by atoms with Crippen LogP contribution in [0.2, 0.25) is 0 Å². The smallest absolute Gasteiger partial charge is 0.259 e. The van der Waals surface area contributed by atoms with E-state index in [0.717, 1.165) is 6.07 Å². The summed E-state index contributed by atoms with van der Waals surface area (Å²) in [7, 11) is 0. The third-order valence-electron chi connectivity index (χ3n) is 3.97. The standard InChI is InChI=1S/C18H14F2N2O3S/c1-18(2)13(9-21)16(10-3-5-11(19)6-4-10)17-14(20)7-12(22-26(23)24)8-15(17)25-18/h3-8,22H,1-2H3,(H,23,24). The molecule has 2 aromatic rings. The van der Waals surface area contributed by atoms with Crippen LogP contribution in [0.4, 0.5) is 14.5 Å². The van der Waals surface area contributed by atoms with Crippen LogP contribution in [-0.2, 0) is 11.3 Å². The second-order valence-electron chi connectivity index (χ2n) is 6.16. The molecule has 1 aliphatic heterocycles. The van der Waals surface area contributed by atoms with Gasteiger partial charge >= 0.3 is 0 Å². The van der Waals surface area contributed by atoms with Crippen LogP contribution in [0.15, 0.2) is 42.0 Å². The molecule has 8 heteroatoms. The molecule has 0 fully saturated rings. The van der Waals surface area contributed by atoms with E-state index < -0.39 is 28.5 Å². The van der Waals surface area contributed by atoms with Crippen LogP contribution in [0.1, 0.15) is 25.0 Å². The van der Waals surface area contributed by atoms with Crippen molar-refractivity contribution < 1.29 is 22.3 Å². The zero-order valence-corrected chi connectivity index (χ0v) is 14.7. The Morgan fingerprint density at radius 2 is 1.88 bits per heavy atom. The van der Waals surface area contributed by atoms with Crippen molar-refractivity contribution in [3.05, 3.63) is 64.7 Å². The Morgan fingerprint density at radius 1 is 1.23 bits per heavy atom. The van der Waals surface area contributed by atoms with Gasteiger partial charge in [0, 0.05) is 11.6 Å². The topological polar surface area (TPSA) is 82.3 Å². The van der Waals surface area contributed by atoms with Crippen LogP contribution in [0.25, 0.3) is 5.57 Å². The summed E-state index contributed by atoms with van der Waals surface area (Å²) in [6.45, 7) is 3.31. The van der Waals surface area contributed by atoms with E-state index >= 15 is 0 Å². The molecule has 1 heterocycles. The number of nitrogens with zero attached hydrogens (tertiary/aromatic N) is 1. The fourth-order valence-corrected chi connectivity index (χ4v) is 3.23. The molecule has 1 aliphatic rings. The van der Waals surface area contributed by atoms with Crippen molar-refractivity contribution in [1.82, 2.24) is 0 Å². The minimum absolute atomic E-state index is 0.0433. The zero-order valence-electron chi connectivity index (χ0n) is 13.8. The highest BCUT2D eigenvalue weighted by molar-refractivity contribution is 7.80. The summed E-state index contributed by atoms with van der Waals surface area (Å²) in [5, 5.41) is 9.63. The lowest BCUT2D eigenvalue weighted by molar-refractivity contribution is 0.149. The Kier molecular flexibility index (Phi) is 4.52. The number of hydrogen-bond donors (Lipinski definition) is 2. The Balaban J connectivity index is 2.30. The molecule has 0 saturated carbocycles. The molecule has 0 amide bonds. The van der Waals surface area contributed by atoms with Gasteiger partial charge in [-0.25, -0.2) is 13.0 Å². The van der Waals surface area contributed by atoms with Gasteiger partial charge in [0.1, 0.15) is 23.0 Å². The van der Waals surface area contributed by atoms with Crippen molar-refractivity contribution in [2.45, 2.75) is 19.4 Å². The Morgan fingerprint density at radius 3 is 2.46 bits per heavy atom. The predicted octanol–water partition coefficient (Wildman–Crippen LogP) is 4.01. The number of rotatable bonds is 3. The number of ether oxygens (including phenoxy) is 1. The van der Waals surface area contributed by atoms with Crippen LogP contribution in [0, 0.1) is 23.0 Å². The molecule has 2 aromatic carbocycles. The van der Waals surface area contributed by atoms with Crippen molar-refractivity contribution in [2.24, 2.45) is 0 Å². The first-order chi connectivity index (χ1) is 12.2. The van der Waals surface area contributed by atoms with E-state index in [1.807, 2.05) is 0 Å². The van der Waals surface area contributed by atoms with Gasteiger partial charge in [-0.1, -0.05) is 12.1 Å². The molecular weight excluding hydrogens is 362 g/mol. The van der Waals surface area contributed by atoms with E-state index in [9.17, 15) is 18.3 Å². The fourth-order valence-electron chi connectivity index (χ4n) is 2.91. The van der Waals surface area contributed by atoms with Crippen LogP contribution >= 0.6 is 0 Å². The van der Waals surface area contributed by atoms with E-state index in [1.165, 1.54) is 30.3 Å². The van der Waals surface area contributed by atoms with Crippen molar-refractivity contribution in [1.29, 1.82) is 5.26 Å². The molecule has 0 aliphatic carbocycles. The molecule has 26 heavy (non-hydrogen) atoms. The average molecular weight is 376 g/mol. The van der Waals surface area contributed by atoms with Crippen LogP contribution in [-0.4, -0.2) is 14.4 Å². The first-order valence-corrected chi connectivity index (χ1v) is 8.65. The molecule has 134 valence electrons. The normalized spacial score (nSPS) is 16.3. The summed E-state index contributed by atoms with van der Waals surface area (Å²) in [5.74, 6) is -1.08. The molecule has 0 bridgehead atoms. The van der Waals surface area contributed by atoms with Crippen molar-refractivity contribution in [3.8, 4) is 11.8 Å². The Labute approximate surface area is 151 Å². The third-order valence-corrected chi connectivity index (χ3v) is 4.38. The van der Waals surface area contributed by atoms with Gasteiger partial charge in [0.15, 0.2) is 0 Å². The first kappa shape index (κ1) is 18.0. The maximum Gasteiger partial charge on any atom is 0.259 e. The molecule has 0 spiro atoms. The van der Waals surface area contributed by atoms with E-state index in [4.69, 9.17) is 9.29 Å². The quantitative estimate of drug-likeness (QED) is 0.793. The van der Waals surface area contributed by atoms with Gasteiger partial charge < -0.3 is 4.74 Å². The summed E-state index contributed by atoms with van der Waals surface area (Å²) >= 11 is -2.38. The minimum atomic E-state index is -2.38. The number of nitrogens with one attached hydrogen (secondary N) is 1. The lowest BCUT2D eigenvalue weighted by Gasteiger charge is -2.34. The SMILES string of the molecule is CC1(C)Oc2cc(NS(=O)O)cc(F)c2C(c2ccc(F)cc2)=C1C#N. The lowest BCUT2D eigenvalue weighted by atomic mass is 9.83. The van der Waals surface area contributed by atoms with Gasteiger partial charge in [-0.3, -0.25) is 9.27 Å².